The Bertz CT molecular complexity index is 663. The van der Waals surface area contributed by atoms with E-state index in [9.17, 15) is 0 Å². The molecule has 0 aromatic heterocycles. The number of anilines is 3. The van der Waals surface area contributed by atoms with Crippen molar-refractivity contribution >= 4 is 24.7 Å². The monoisotopic (exact) mass is 289 g/mol. The maximum Gasteiger partial charge on any atom is 0.504 e. The lowest BCUT2D eigenvalue weighted by Gasteiger charge is -2.25. The molecule has 3 aromatic rings. The third-order valence-corrected chi connectivity index (χ3v) is 3.35. The van der Waals surface area contributed by atoms with Gasteiger partial charge >= 0.3 is 7.69 Å². The normalized spacial score (nSPS) is 10.0. The van der Waals surface area contributed by atoms with E-state index in [4.69, 9.17) is 9.68 Å². The Morgan fingerprint density at radius 1 is 0.636 bits per heavy atom. The van der Waals surface area contributed by atoms with Crippen LogP contribution in [0.15, 0.2) is 84.9 Å². The van der Waals surface area contributed by atoms with Crippen LogP contribution in [0.4, 0.5) is 17.1 Å². The second kappa shape index (κ2) is 6.83. The molecule has 0 amide bonds. The average Bonchev–Trinajstić information content (AvgIpc) is 2.59. The Labute approximate surface area is 130 Å². The molecule has 108 valence electrons. The molecule has 0 spiro atoms. The van der Waals surface area contributed by atoms with Gasteiger partial charge < -0.3 is 14.6 Å². The second-order valence-electron chi connectivity index (χ2n) is 4.77. The highest BCUT2D eigenvalue weighted by molar-refractivity contribution is 6.17. The molecule has 0 bridgehead atoms. The van der Waals surface area contributed by atoms with Crippen molar-refractivity contribution in [2.24, 2.45) is 0 Å². The second-order valence-corrected chi connectivity index (χ2v) is 4.77. The minimum atomic E-state index is -0.319. The predicted molar refractivity (Wildman–Crippen MR) is 91.1 cm³/mol. The quantitative estimate of drug-likeness (QED) is 0.725. The van der Waals surface area contributed by atoms with Gasteiger partial charge in [0.25, 0.3) is 0 Å². The number of rotatable bonds is 5. The zero-order valence-electron chi connectivity index (χ0n) is 12.1. The van der Waals surface area contributed by atoms with Crippen LogP contribution in [0.2, 0.25) is 0 Å². The van der Waals surface area contributed by atoms with Gasteiger partial charge in [-0.2, -0.15) is 0 Å². The van der Waals surface area contributed by atoms with Crippen molar-refractivity contribution in [3.63, 3.8) is 0 Å². The van der Waals surface area contributed by atoms with Crippen LogP contribution in [-0.2, 0) is 0 Å². The first kappa shape index (κ1) is 14.2. The average molecular weight is 289 g/mol. The van der Waals surface area contributed by atoms with Crippen LogP contribution in [-0.4, -0.2) is 12.7 Å². The van der Waals surface area contributed by atoms with E-state index in [1.165, 1.54) is 0 Å². The van der Waals surface area contributed by atoms with Crippen LogP contribution in [0.25, 0.3) is 0 Å². The van der Waals surface area contributed by atoms with Crippen LogP contribution in [0.1, 0.15) is 0 Å². The first-order valence-corrected chi connectivity index (χ1v) is 7.12. The highest BCUT2D eigenvalue weighted by Gasteiger charge is 2.11. The Hall–Kier alpha value is -2.72. The summed E-state index contributed by atoms with van der Waals surface area (Å²) in [6.07, 6.45) is 0. The molecule has 0 unspecified atom stereocenters. The maximum absolute atomic E-state index is 8.82. The highest BCUT2D eigenvalue weighted by Crippen LogP contribution is 2.34. The van der Waals surface area contributed by atoms with Crippen LogP contribution in [0, 0.1) is 0 Å². The number of para-hydroxylation sites is 2. The van der Waals surface area contributed by atoms with Crippen LogP contribution in [0.5, 0.6) is 5.75 Å². The molecule has 3 aromatic carbocycles. The molecule has 0 heterocycles. The molecule has 0 saturated carbocycles. The maximum atomic E-state index is 8.82. The third-order valence-electron chi connectivity index (χ3n) is 3.35. The summed E-state index contributed by atoms with van der Waals surface area (Å²) >= 11 is 0. The van der Waals surface area contributed by atoms with Gasteiger partial charge in [0.1, 0.15) is 5.75 Å². The van der Waals surface area contributed by atoms with E-state index >= 15 is 0 Å². The van der Waals surface area contributed by atoms with Gasteiger partial charge in [-0.05, 0) is 48.5 Å². The van der Waals surface area contributed by atoms with E-state index in [2.05, 4.69) is 29.2 Å². The summed E-state index contributed by atoms with van der Waals surface area (Å²) in [4.78, 5) is 2.17. The van der Waals surface area contributed by atoms with Gasteiger partial charge in [0.2, 0.25) is 0 Å². The molecule has 0 aliphatic rings. The molecule has 3 rings (SSSR count). The standard InChI is InChI=1S/C18H16BNO2/c21-19-22-18-13-11-17(12-14-18)20(15-7-3-1-4-8-15)16-9-5-2-6-10-16/h1-14,19,21H. The van der Waals surface area contributed by atoms with Gasteiger partial charge in [-0.25, -0.2) is 0 Å². The number of nitrogens with zero attached hydrogens (tertiary/aromatic N) is 1. The summed E-state index contributed by atoms with van der Waals surface area (Å²) in [5, 5.41) is 8.82. The van der Waals surface area contributed by atoms with E-state index in [0.717, 1.165) is 17.1 Å². The fraction of sp³-hybridized carbons (Fsp3) is 0. The lowest BCUT2D eigenvalue weighted by Crippen LogP contribution is -2.09. The molecule has 3 nitrogen and oxygen atoms in total. The van der Waals surface area contributed by atoms with Crippen LogP contribution < -0.4 is 9.55 Å². The molecule has 0 saturated heterocycles. The lowest BCUT2D eigenvalue weighted by atomic mass is 10.2. The highest BCUT2D eigenvalue weighted by atomic mass is 16.5. The van der Waals surface area contributed by atoms with E-state index in [0.29, 0.717) is 5.75 Å². The summed E-state index contributed by atoms with van der Waals surface area (Å²) in [6, 6.07) is 28.1. The molecular weight excluding hydrogens is 273 g/mol. The largest absolute Gasteiger partial charge is 0.539 e. The van der Waals surface area contributed by atoms with Gasteiger partial charge in [-0.1, -0.05) is 36.4 Å². The lowest BCUT2D eigenvalue weighted by molar-refractivity contribution is 0.454. The van der Waals surface area contributed by atoms with Crippen molar-refractivity contribution < 1.29 is 9.68 Å². The SMILES string of the molecule is OBOc1ccc(N(c2ccccc2)c2ccccc2)cc1. The van der Waals surface area contributed by atoms with E-state index in [-0.39, 0.29) is 7.69 Å². The molecule has 0 aliphatic heterocycles. The van der Waals surface area contributed by atoms with E-state index in [1.807, 2.05) is 60.7 Å². The van der Waals surface area contributed by atoms with Gasteiger partial charge in [-0.15, -0.1) is 0 Å². The molecule has 0 aliphatic carbocycles. The Kier molecular flexibility index (Phi) is 4.42. The molecule has 0 atom stereocenters. The molecule has 1 N–H and O–H groups in total. The van der Waals surface area contributed by atoms with Crippen molar-refractivity contribution in [1.82, 2.24) is 0 Å². The first-order valence-electron chi connectivity index (χ1n) is 7.12. The topological polar surface area (TPSA) is 32.7 Å². The summed E-state index contributed by atoms with van der Waals surface area (Å²) in [5.74, 6) is 0.646. The molecule has 0 fully saturated rings. The minimum absolute atomic E-state index is 0.319. The summed E-state index contributed by atoms with van der Waals surface area (Å²) in [5.41, 5.74) is 3.21. The minimum Gasteiger partial charge on any atom is -0.539 e. The first-order chi connectivity index (χ1) is 10.9. The fourth-order valence-corrected chi connectivity index (χ4v) is 2.37. The van der Waals surface area contributed by atoms with Crippen molar-refractivity contribution in [3.8, 4) is 5.75 Å². The molecule has 0 radical (unpaired) electrons. The smallest absolute Gasteiger partial charge is 0.504 e. The van der Waals surface area contributed by atoms with Gasteiger partial charge in [0, 0.05) is 17.1 Å². The van der Waals surface area contributed by atoms with Crippen molar-refractivity contribution in [2.75, 3.05) is 4.90 Å². The van der Waals surface area contributed by atoms with Crippen molar-refractivity contribution in [1.29, 1.82) is 0 Å². The third kappa shape index (κ3) is 3.13. The van der Waals surface area contributed by atoms with Crippen molar-refractivity contribution in [2.45, 2.75) is 0 Å². The molecular formula is C18H16BNO2. The Morgan fingerprint density at radius 2 is 1.09 bits per heavy atom. The molecule has 4 heteroatoms. The van der Waals surface area contributed by atoms with Gasteiger partial charge in [0.05, 0.1) is 0 Å². The fourth-order valence-electron chi connectivity index (χ4n) is 2.37. The summed E-state index contributed by atoms with van der Waals surface area (Å²) in [7, 11) is -0.319. The van der Waals surface area contributed by atoms with E-state index in [1.54, 1.807) is 0 Å². The number of benzene rings is 3. The Balaban J connectivity index is 2.02. The number of hydrogen-bond donors (Lipinski definition) is 1. The summed E-state index contributed by atoms with van der Waals surface area (Å²) in [6.45, 7) is 0. The van der Waals surface area contributed by atoms with Gasteiger partial charge in [-0.3, -0.25) is 0 Å². The summed E-state index contributed by atoms with van der Waals surface area (Å²) < 4.78 is 5.09. The molecule has 22 heavy (non-hydrogen) atoms. The zero-order valence-corrected chi connectivity index (χ0v) is 12.1. The predicted octanol–water partition coefficient (Wildman–Crippen LogP) is 3.79. The zero-order chi connectivity index (χ0) is 15.2. The Morgan fingerprint density at radius 3 is 1.55 bits per heavy atom. The van der Waals surface area contributed by atoms with Crippen LogP contribution in [0.3, 0.4) is 0 Å². The van der Waals surface area contributed by atoms with Gasteiger partial charge in [0.15, 0.2) is 0 Å². The number of hydrogen-bond acceptors (Lipinski definition) is 3. The van der Waals surface area contributed by atoms with Crippen LogP contribution >= 0.6 is 0 Å². The van der Waals surface area contributed by atoms with E-state index < -0.39 is 0 Å². The van der Waals surface area contributed by atoms with Crippen molar-refractivity contribution in [3.05, 3.63) is 84.9 Å².